The van der Waals surface area contributed by atoms with Gasteiger partial charge in [-0.1, -0.05) is 20.8 Å². The molecular formula is C29H37N5O6. The number of benzene rings is 1. The normalized spacial score (nSPS) is 13.5. The van der Waals surface area contributed by atoms with Gasteiger partial charge < -0.3 is 35.1 Å². The second kappa shape index (κ2) is 10.4. The molecule has 0 bridgehead atoms. The molecule has 0 spiro atoms. The molecule has 0 saturated carbocycles. The van der Waals surface area contributed by atoms with Crippen LogP contribution in [0.5, 0.6) is 11.5 Å². The lowest BCUT2D eigenvalue weighted by Gasteiger charge is -2.42. The molecule has 4 rings (SSSR count). The topological polar surface area (TPSA) is 149 Å². The first-order chi connectivity index (χ1) is 18.7. The number of nitrogen functional groups attached to an aromatic ring is 1. The minimum absolute atomic E-state index is 0.0903. The zero-order valence-electron chi connectivity index (χ0n) is 24.0. The third-order valence-electron chi connectivity index (χ3n) is 7.17. The quantitative estimate of drug-likeness (QED) is 0.357. The number of hydrogen-bond donors (Lipinski definition) is 3. The van der Waals surface area contributed by atoms with Crippen molar-refractivity contribution < 1.29 is 29.0 Å². The second-order valence-electron chi connectivity index (χ2n) is 11.3. The summed E-state index contributed by atoms with van der Waals surface area (Å²) in [5, 5.41) is 13.1. The number of nitrogens with one attached hydrogen (secondary N) is 1. The van der Waals surface area contributed by atoms with Crippen LogP contribution in [-0.4, -0.2) is 64.7 Å². The average Bonchev–Trinajstić information content (AvgIpc) is 3.19. The maximum Gasteiger partial charge on any atom is 0.328 e. The highest BCUT2D eigenvalue weighted by molar-refractivity contribution is 6.02. The summed E-state index contributed by atoms with van der Waals surface area (Å²) in [6, 6.07) is 5.20. The third-order valence-corrected chi connectivity index (χ3v) is 7.17. The fourth-order valence-electron chi connectivity index (χ4n) is 4.85. The highest BCUT2D eigenvalue weighted by Gasteiger charge is 2.40. The van der Waals surface area contributed by atoms with Gasteiger partial charge in [-0.2, -0.15) is 0 Å². The largest absolute Gasteiger partial charge is 0.491 e. The maximum atomic E-state index is 13.7. The first kappa shape index (κ1) is 28.7. The molecule has 11 heteroatoms. The van der Waals surface area contributed by atoms with E-state index in [9.17, 15) is 19.5 Å². The SMILES string of the molecule is CCOc1cc2cn(CC(=O)c3cc4c(c(C(C)(C)C)c3)OCCN4C(C)(C)C(=O)O)c(N)c2nc1C(=O)NC. The monoisotopic (exact) mass is 551 g/mol. The minimum atomic E-state index is -1.22. The Morgan fingerprint density at radius 3 is 2.48 bits per heavy atom. The van der Waals surface area contributed by atoms with Crippen molar-refractivity contribution in [3.63, 3.8) is 0 Å². The molecule has 1 aromatic carbocycles. The van der Waals surface area contributed by atoms with Crippen molar-refractivity contribution in [2.24, 2.45) is 0 Å². The number of carbonyl (C=O) groups excluding carboxylic acids is 2. The summed E-state index contributed by atoms with van der Waals surface area (Å²) in [5.74, 6) is -0.462. The second-order valence-corrected chi connectivity index (χ2v) is 11.3. The molecular weight excluding hydrogens is 514 g/mol. The summed E-state index contributed by atoms with van der Waals surface area (Å²) in [6.07, 6.45) is 1.71. The zero-order valence-corrected chi connectivity index (χ0v) is 24.0. The molecule has 0 unspecified atom stereocenters. The Hall–Kier alpha value is -4.28. The predicted octanol–water partition coefficient (Wildman–Crippen LogP) is 3.62. The standard InChI is InChI=1S/C29H37N5O6/c1-8-39-21-13-17-14-33(25(30)22(17)32-23(21)26(36)31-7)15-20(35)16-11-18(28(2,3)4)24-19(12-16)34(9-10-40-24)29(5,6)27(37)38/h11-14H,8-10,15,30H2,1-7H3,(H,31,36)(H,37,38). The van der Waals surface area contributed by atoms with Gasteiger partial charge in [-0.05, 0) is 44.4 Å². The number of anilines is 2. The van der Waals surface area contributed by atoms with Crippen LogP contribution in [0.1, 0.15) is 68.0 Å². The lowest BCUT2D eigenvalue weighted by atomic mass is 9.83. The molecule has 4 N–H and O–H groups in total. The van der Waals surface area contributed by atoms with Crippen molar-refractivity contribution in [3.05, 3.63) is 41.2 Å². The van der Waals surface area contributed by atoms with E-state index in [0.717, 1.165) is 5.56 Å². The lowest BCUT2D eigenvalue weighted by molar-refractivity contribution is -0.142. The van der Waals surface area contributed by atoms with Crippen LogP contribution in [0.25, 0.3) is 10.9 Å². The van der Waals surface area contributed by atoms with E-state index in [1.54, 1.807) is 41.6 Å². The molecule has 0 radical (unpaired) electrons. The molecule has 0 aliphatic carbocycles. The van der Waals surface area contributed by atoms with Gasteiger partial charge in [0.15, 0.2) is 17.2 Å². The van der Waals surface area contributed by atoms with Gasteiger partial charge >= 0.3 is 5.97 Å². The number of carbonyl (C=O) groups is 3. The van der Waals surface area contributed by atoms with Crippen molar-refractivity contribution in [2.75, 3.05) is 37.4 Å². The Bertz CT molecular complexity index is 1500. The molecule has 1 aliphatic rings. The number of pyridine rings is 1. The van der Waals surface area contributed by atoms with Crippen LogP contribution in [0.4, 0.5) is 11.5 Å². The van der Waals surface area contributed by atoms with Crippen molar-refractivity contribution in [1.29, 1.82) is 0 Å². The summed E-state index contributed by atoms with van der Waals surface area (Å²) in [4.78, 5) is 44.5. The molecule has 0 saturated heterocycles. The highest BCUT2D eigenvalue weighted by Crippen LogP contribution is 2.44. The number of fused-ring (bicyclic) bond motifs is 2. The third kappa shape index (κ3) is 5.03. The van der Waals surface area contributed by atoms with Gasteiger partial charge in [0.1, 0.15) is 29.2 Å². The highest BCUT2D eigenvalue weighted by atomic mass is 16.5. The Kier molecular flexibility index (Phi) is 7.44. The van der Waals surface area contributed by atoms with Crippen molar-refractivity contribution in [1.82, 2.24) is 14.9 Å². The average molecular weight is 552 g/mol. The molecule has 1 amide bonds. The van der Waals surface area contributed by atoms with E-state index in [-0.39, 0.29) is 29.3 Å². The van der Waals surface area contributed by atoms with Gasteiger partial charge in [-0.25, -0.2) is 9.78 Å². The van der Waals surface area contributed by atoms with E-state index in [1.807, 2.05) is 33.8 Å². The summed E-state index contributed by atoms with van der Waals surface area (Å²) in [5.41, 5.74) is 7.09. The first-order valence-electron chi connectivity index (χ1n) is 13.2. The molecule has 214 valence electrons. The van der Waals surface area contributed by atoms with Crippen LogP contribution in [-0.2, 0) is 16.8 Å². The van der Waals surface area contributed by atoms with Gasteiger partial charge in [0.25, 0.3) is 5.91 Å². The number of ether oxygens (including phenoxy) is 2. The number of nitrogens with zero attached hydrogens (tertiary/aromatic N) is 3. The Morgan fingerprint density at radius 1 is 1.18 bits per heavy atom. The van der Waals surface area contributed by atoms with Gasteiger partial charge in [0.05, 0.1) is 25.4 Å². The number of carboxylic acid groups (broad SMARTS) is 1. The summed E-state index contributed by atoms with van der Waals surface area (Å²) in [7, 11) is 1.51. The summed E-state index contributed by atoms with van der Waals surface area (Å²) < 4.78 is 13.3. The Morgan fingerprint density at radius 2 is 1.88 bits per heavy atom. The molecule has 3 heterocycles. The fourth-order valence-corrected chi connectivity index (χ4v) is 4.85. The van der Waals surface area contributed by atoms with Gasteiger partial charge in [0.2, 0.25) is 0 Å². The number of Topliss-reactive ketones (excluding diaryl/α,β-unsaturated/α-hetero) is 1. The number of nitrogens with two attached hydrogens (primary N) is 1. The number of rotatable bonds is 8. The molecule has 11 nitrogen and oxygen atoms in total. The molecule has 40 heavy (non-hydrogen) atoms. The van der Waals surface area contributed by atoms with Crippen LogP contribution in [0.15, 0.2) is 24.4 Å². The van der Waals surface area contributed by atoms with Gasteiger partial charge in [-0.3, -0.25) is 9.59 Å². The smallest absolute Gasteiger partial charge is 0.328 e. The summed E-state index contributed by atoms with van der Waals surface area (Å²) >= 11 is 0. The molecule has 2 aromatic heterocycles. The first-order valence-corrected chi connectivity index (χ1v) is 13.2. The number of carboxylic acids is 1. The number of aliphatic carboxylic acids is 1. The van der Waals surface area contributed by atoms with Crippen LogP contribution >= 0.6 is 0 Å². The van der Waals surface area contributed by atoms with E-state index in [1.165, 1.54) is 7.05 Å². The molecule has 3 aromatic rings. The predicted molar refractivity (Wildman–Crippen MR) is 153 cm³/mol. The molecule has 1 aliphatic heterocycles. The van der Waals surface area contributed by atoms with Gasteiger partial charge in [0, 0.05) is 29.8 Å². The maximum absolute atomic E-state index is 13.7. The number of amides is 1. The Labute approximate surface area is 233 Å². The molecule has 0 atom stereocenters. The van der Waals surface area contributed by atoms with E-state index in [0.29, 0.717) is 53.4 Å². The fraction of sp³-hybridized carbons (Fsp3) is 0.448. The van der Waals surface area contributed by atoms with Crippen molar-refractivity contribution in [3.8, 4) is 11.5 Å². The number of ketones is 1. The van der Waals surface area contributed by atoms with Crippen molar-refractivity contribution in [2.45, 2.75) is 59.0 Å². The lowest BCUT2D eigenvalue weighted by Crippen LogP contribution is -2.53. The van der Waals surface area contributed by atoms with E-state index < -0.39 is 17.4 Å². The van der Waals surface area contributed by atoms with Crippen LogP contribution < -0.4 is 25.4 Å². The minimum Gasteiger partial charge on any atom is -0.491 e. The number of aromatic nitrogens is 2. The van der Waals surface area contributed by atoms with E-state index >= 15 is 0 Å². The van der Waals surface area contributed by atoms with Crippen molar-refractivity contribution >= 4 is 40.1 Å². The van der Waals surface area contributed by atoms with E-state index in [2.05, 4.69) is 10.3 Å². The Balaban J connectivity index is 1.79. The van der Waals surface area contributed by atoms with Gasteiger partial charge in [-0.15, -0.1) is 0 Å². The summed E-state index contributed by atoms with van der Waals surface area (Å²) in [6.45, 7) is 12.1. The number of hydrogen-bond acceptors (Lipinski definition) is 8. The van der Waals surface area contributed by atoms with E-state index in [4.69, 9.17) is 15.2 Å². The van der Waals surface area contributed by atoms with Crippen LogP contribution in [0.2, 0.25) is 0 Å². The van der Waals surface area contributed by atoms with Crippen LogP contribution in [0, 0.1) is 0 Å². The zero-order chi connectivity index (χ0) is 29.6. The molecule has 0 fully saturated rings. The van der Waals surface area contributed by atoms with Crippen LogP contribution in [0.3, 0.4) is 0 Å².